The third-order valence-corrected chi connectivity index (χ3v) is 3.19. The molecule has 2 aromatic rings. The number of halogens is 1. The van der Waals surface area contributed by atoms with E-state index in [4.69, 9.17) is 22.1 Å². The van der Waals surface area contributed by atoms with E-state index >= 15 is 0 Å². The number of aromatic nitrogens is 2. The van der Waals surface area contributed by atoms with Crippen molar-refractivity contribution in [2.45, 2.75) is 19.4 Å². The van der Waals surface area contributed by atoms with Gasteiger partial charge in [0.2, 0.25) is 0 Å². The molecule has 0 aliphatic heterocycles. The number of nitrogen functional groups attached to an aromatic ring is 1. The van der Waals surface area contributed by atoms with E-state index in [1.165, 1.54) is 5.56 Å². The van der Waals surface area contributed by atoms with Crippen molar-refractivity contribution in [3.05, 3.63) is 41.0 Å². The van der Waals surface area contributed by atoms with Crippen molar-refractivity contribution in [2.24, 2.45) is 0 Å². The van der Waals surface area contributed by atoms with Crippen molar-refractivity contribution in [3.63, 3.8) is 0 Å². The third-order valence-electron chi connectivity index (χ3n) is 2.89. The minimum atomic E-state index is 0.158. The smallest absolute Gasteiger partial charge is 0.140 e. The van der Waals surface area contributed by atoms with Gasteiger partial charge in [-0.2, -0.15) is 5.10 Å². The molecule has 1 heterocycles. The number of hydrogen-bond donors (Lipinski definition) is 1. The van der Waals surface area contributed by atoms with Crippen LogP contribution >= 0.6 is 11.6 Å². The zero-order valence-electron chi connectivity index (χ0n) is 10.4. The first kappa shape index (κ1) is 12.8. The maximum absolute atomic E-state index is 5.89. The molecule has 5 heteroatoms. The van der Waals surface area contributed by atoms with Crippen LogP contribution in [0.4, 0.5) is 5.82 Å². The molecule has 0 amide bonds. The van der Waals surface area contributed by atoms with Gasteiger partial charge in [0.15, 0.2) is 0 Å². The molecule has 1 unspecified atom stereocenters. The molecular formula is C13H16ClN3O. The molecule has 96 valence electrons. The highest BCUT2D eigenvalue weighted by molar-refractivity contribution is 6.32. The number of benzene rings is 1. The summed E-state index contributed by atoms with van der Waals surface area (Å²) in [5.74, 6) is 1.37. The molecule has 0 radical (unpaired) electrons. The average Bonchev–Trinajstić information content (AvgIpc) is 2.71. The van der Waals surface area contributed by atoms with Gasteiger partial charge in [-0.1, -0.05) is 23.7 Å². The Hall–Kier alpha value is -1.68. The van der Waals surface area contributed by atoms with Crippen LogP contribution in [0.1, 0.15) is 18.5 Å². The summed E-state index contributed by atoms with van der Waals surface area (Å²) in [4.78, 5) is 0. The number of nitrogens with two attached hydrogens (primary N) is 1. The highest BCUT2D eigenvalue weighted by atomic mass is 35.5. The Bertz CT molecular complexity index is 522. The second-order valence-electron chi connectivity index (χ2n) is 4.22. The predicted octanol–water partition coefficient (Wildman–Crippen LogP) is 2.93. The molecule has 0 spiro atoms. The van der Waals surface area contributed by atoms with E-state index in [1.54, 1.807) is 18.0 Å². The molecule has 0 saturated carbocycles. The third kappa shape index (κ3) is 2.59. The zero-order chi connectivity index (χ0) is 13.1. The standard InChI is InChI=1S/C13H16ClN3O/c1-9(17-13(15)12(14)8-16-17)7-10-3-5-11(18-2)6-4-10/h3-6,8-9H,7,15H2,1-2H3. The highest BCUT2D eigenvalue weighted by Crippen LogP contribution is 2.23. The summed E-state index contributed by atoms with van der Waals surface area (Å²) in [6.07, 6.45) is 2.41. The molecule has 1 aromatic heterocycles. The van der Waals surface area contributed by atoms with Gasteiger partial charge in [0.1, 0.15) is 16.6 Å². The molecule has 0 bridgehead atoms. The lowest BCUT2D eigenvalue weighted by molar-refractivity contribution is 0.414. The van der Waals surface area contributed by atoms with Crippen LogP contribution in [0, 0.1) is 0 Å². The van der Waals surface area contributed by atoms with Crippen LogP contribution in [0.15, 0.2) is 30.5 Å². The van der Waals surface area contributed by atoms with Gasteiger partial charge in [-0.05, 0) is 31.0 Å². The van der Waals surface area contributed by atoms with Crippen molar-refractivity contribution in [1.82, 2.24) is 9.78 Å². The largest absolute Gasteiger partial charge is 0.497 e. The molecule has 0 aliphatic rings. The van der Waals surface area contributed by atoms with Gasteiger partial charge in [0.05, 0.1) is 19.3 Å². The van der Waals surface area contributed by atoms with E-state index in [2.05, 4.69) is 12.0 Å². The van der Waals surface area contributed by atoms with Gasteiger partial charge in [0, 0.05) is 0 Å². The first-order valence-electron chi connectivity index (χ1n) is 5.73. The van der Waals surface area contributed by atoms with E-state index in [1.807, 2.05) is 24.3 Å². The van der Waals surface area contributed by atoms with Crippen molar-refractivity contribution < 1.29 is 4.74 Å². The summed E-state index contributed by atoms with van der Waals surface area (Å²) < 4.78 is 6.87. The van der Waals surface area contributed by atoms with Crippen molar-refractivity contribution in [1.29, 1.82) is 0 Å². The van der Waals surface area contributed by atoms with E-state index in [0.29, 0.717) is 10.8 Å². The van der Waals surface area contributed by atoms with Gasteiger partial charge in [0.25, 0.3) is 0 Å². The van der Waals surface area contributed by atoms with Crippen LogP contribution in [-0.2, 0) is 6.42 Å². The van der Waals surface area contributed by atoms with Crippen molar-refractivity contribution >= 4 is 17.4 Å². The Morgan fingerprint density at radius 2 is 2.06 bits per heavy atom. The van der Waals surface area contributed by atoms with E-state index < -0.39 is 0 Å². The van der Waals surface area contributed by atoms with Crippen LogP contribution in [0.2, 0.25) is 5.02 Å². The lowest BCUT2D eigenvalue weighted by atomic mass is 10.1. The molecule has 2 N–H and O–H groups in total. The fourth-order valence-corrected chi connectivity index (χ4v) is 2.02. The number of nitrogens with zero attached hydrogens (tertiary/aromatic N) is 2. The normalized spacial score (nSPS) is 12.4. The van der Waals surface area contributed by atoms with Crippen LogP contribution in [0.25, 0.3) is 0 Å². The summed E-state index contributed by atoms with van der Waals surface area (Å²) in [5.41, 5.74) is 7.05. The summed E-state index contributed by atoms with van der Waals surface area (Å²) in [6.45, 7) is 2.06. The number of ether oxygens (including phenoxy) is 1. The Morgan fingerprint density at radius 3 is 2.56 bits per heavy atom. The molecule has 1 aromatic carbocycles. The topological polar surface area (TPSA) is 53.1 Å². The average molecular weight is 266 g/mol. The molecule has 0 saturated heterocycles. The first-order chi connectivity index (χ1) is 8.61. The van der Waals surface area contributed by atoms with E-state index in [0.717, 1.165) is 12.2 Å². The Balaban J connectivity index is 2.11. The first-order valence-corrected chi connectivity index (χ1v) is 6.11. The van der Waals surface area contributed by atoms with E-state index in [9.17, 15) is 0 Å². The fraction of sp³-hybridized carbons (Fsp3) is 0.308. The Labute approximate surface area is 111 Å². The quantitative estimate of drug-likeness (QED) is 0.925. The molecule has 0 fully saturated rings. The minimum Gasteiger partial charge on any atom is -0.497 e. The predicted molar refractivity (Wildman–Crippen MR) is 73.1 cm³/mol. The van der Waals surface area contributed by atoms with Crippen LogP contribution in [0.5, 0.6) is 5.75 Å². The number of hydrogen-bond acceptors (Lipinski definition) is 3. The summed E-state index contributed by atoms with van der Waals surface area (Å²) in [7, 11) is 1.66. The molecule has 2 rings (SSSR count). The number of rotatable bonds is 4. The van der Waals surface area contributed by atoms with Crippen LogP contribution in [0.3, 0.4) is 0 Å². The lowest BCUT2D eigenvalue weighted by Crippen LogP contribution is -2.12. The Kier molecular flexibility index (Phi) is 3.77. The summed E-state index contributed by atoms with van der Waals surface area (Å²) in [6, 6.07) is 8.13. The highest BCUT2D eigenvalue weighted by Gasteiger charge is 2.12. The number of methoxy groups -OCH3 is 1. The fourth-order valence-electron chi connectivity index (χ4n) is 1.89. The molecule has 1 atom stereocenters. The van der Waals surface area contributed by atoms with Gasteiger partial charge >= 0.3 is 0 Å². The van der Waals surface area contributed by atoms with Crippen molar-refractivity contribution in [2.75, 3.05) is 12.8 Å². The monoisotopic (exact) mass is 265 g/mol. The molecule has 0 aliphatic carbocycles. The van der Waals surface area contributed by atoms with Crippen molar-refractivity contribution in [3.8, 4) is 5.75 Å². The molecular weight excluding hydrogens is 250 g/mol. The SMILES string of the molecule is COc1ccc(CC(C)n2ncc(Cl)c2N)cc1. The zero-order valence-corrected chi connectivity index (χ0v) is 11.2. The molecule has 18 heavy (non-hydrogen) atoms. The Morgan fingerprint density at radius 1 is 1.39 bits per heavy atom. The second kappa shape index (κ2) is 5.31. The summed E-state index contributed by atoms with van der Waals surface area (Å²) in [5, 5.41) is 4.68. The van der Waals surface area contributed by atoms with Gasteiger partial charge in [-0.3, -0.25) is 0 Å². The van der Waals surface area contributed by atoms with Gasteiger partial charge in [-0.15, -0.1) is 0 Å². The van der Waals surface area contributed by atoms with E-state index in [-0.39, 0.29) is 6.04 Å². The minimum absolute atomic E-state index is 0.158. The van der Waals surface area contributed by atoms with Crippen LogP contribution in [-0.4, -0.2) is 16.9 Å². The van der Waals surface area contributed by atoms with Crippen LogP contribution < -0.4 is 10.5 Å². The maximum Gasteiger partial charge on any atom is 0.140 e. The second-order valence-corrected chi connectivity index (χ2v) is 4.63. The maximum atomic E-state index is 5.89. The van der Waals surface area contributed by atoms with Gasteiger partial charge < -0.3 is 10.5 Å². The lowest BCUT2D eigenvalue weighted by Gasteiger charge is -2.14. The number of anilines is 1. The summed E-state index contributed by atoms with van der Waals surface area (Å²) >= 11 is 5.89. The molecule has 4 nitrogen and oxygen atoms in total. The van der Waals surface area contributed by atoms with Gasteiger partial charge in [-0.25, -0.2) is 4.68 Å².